The summed E-state index contributed by atoms with van der Waals surface area (Å²) in [6, 6.07) is 6.98. The molecule has 0 bridgehead atoms. The first-order valence-electron chi connectivity index (χ1n) is 5.05. The summed E-state index contributed by atoms with van der Waals surface area (Å²) in [5.41, 5.74) is 1.82. The van der Waals surface area contributed by atoms with Crippen LogP contribution >= 0.6 is 0 Å². The van der Waals surface area contributed by atoms with Gasteiger partial charge in [-0.2, -0.15) is 0 Å². The molecule has 1 aromatic carbocycles. The number of carboxylic acids is 1. The molecule has 1 amide bonds. The van der Waals surface area contributed by atoms with Crippen molar-refractivity contribution < 1.29 is 14.7 Å². The number of carbonyl (C=O) groups is 2. The van der Waals surface area contributed by atoms with E-state index in [2.05, 4.69) is 5.32 Å². The summed E-state index contributed by atoms with van der Waals surface area (Å²) in [5.74, 6) is -1.16. The van der Waals surface area contributed by atoms with E-state index in [1.54, 1.807) is 0 Å². The smallest absolute Gasteiger partial charge is 0.305 e. The van der Waals surface area contributed by atoms with Crippen molar-refractivity contribution in [1.82, 2.24) is 5.32 Å². The van der Waals surface area contributed by atoms with Gasteiger partial charge in [0.05, 0.1) is 12.5 Å². The minimum absolute atomic E-state index is 0.107. The zero-order valence-electron chi connectivity index (χ0n) is 9.36. The lowest BCUT2D eigenvalue weighted by Gasteiger charge is -2.18. The van der Waals surface area contributed by atoms with Gasteiger partial charge in [-0.3, -0.25) is 9.59 Å². The summed E-state index contributed by atoms with van der Waals surface area (Å²) >= 11 is 0. The number of benzene rings is 1. The zero-order valence-corrected chi connectivity index (χ0v) is 9.36. The van der Waals surface area contributed by atoms with E-state index in [1.807, 2.05) is 31.2 Å². The minimum atomic E-state index is -0.929. The van der Waals surface area contributed by atoms with E-state index in [0.717, 1.165) is 11.1 Å². The van der Waals surface area contributed by atoms with Gasteiger partial charge in [0, 0.05) is 6.92 Å². The van der Waals surface area contributed by atoms with Gasteiger partial charge in [0.1, 0.15) is 0 Å². The van der Waals surface area contributed by atoms with Gasteiger partial charge in [0.2, 0.25) is 5.91 Å². The highest BCUT2D eigenvalue weighted by Gasteiger charge is 2.17. The third-order valence-corrected chi connectivity index (χ3v) is 2.32. The largest absolute Gasteiger partial charge is 0.481 e. The van der Waals surface area contributed by atoms with Crippen molar-refractivity contribution in [2.75, 3.05) is 0 Å². The highest BCUT2D eigenvalue weighted by atomic mass is 16.4. The average Bonchev–Trinajstić information content (AvgIpc) is 2.15. The summed E-state index contributed by atoms with van der Waals surface area (Å²) in [5, 5.41) is 11.4. The van der Waals surface area contributed by atoms with Crippen LogP contribution in [0.15, 0.2) is 24.3 Å². The number of carboxylic acid groups (broad SMARTS) is 1. The number of aryl methyl sites for hydroxylation is 1. The lowest BCUT2D eigenvalue weighted by Crippen LogP contribution is -2.28. The van der Waals surface area contributed by atoms with Crippen LogP contribution in [-0.2, 0) is 9.59 Å². The highest BCUT2D eigenvalue weighted by molar-refractivity contribution is 5.75. The fraction of sp³-hybridized carbons (Fsp3) is 0.333. The molecule has 4 heteroatoms. The van der Waals surface area contributed by atoms with Crippen LogP contribution in [0.25, 0.3) is 0 Å². The highest BCUT2D eigenvalue weighted by Crippen LogP contribution is 2.20. The summed E-state index contributed by atoms with van der Waals surface area (Å²) in [7, 11) is 0. The van der Waals surface area contributed by atoms with Crippen LogP contribution in [0.3, 0.4) is 0 Å². The summed E-state index contributed by atoms with van der Waals surface area (Å²) in [6.07, 6.45) is -0.107. The minimum Gasteiger partial charge on any atom is -0.481 e. The number of hydrogen-bond acceptors (Lipinski definition) is 2. The molecule has 0 heterocycles. The van der Waals surface area contributed by atoms with Gasteiger partial charge in [-0.25, -0.2) is 0 Å². The first-order chi connectivity index (χ1) is 7.50. The predicted octanol–water partition coefficient (Wildman–Crippen LogP) is 1.65. The molecule has 0 saturated carbocycles. The molecule has 0 saturated heterocycles. The molecule has 4 nitrogen and oxygen atoms in total. The molecule has 16 heavy (non-hydrogen) atoms. The lowest BCUT2D eigenvalue weighted by atomic mass is 9.99. The quantitative estimate of drug-likeness (QED) is 0.812. The van der Waals surface area contributed by atoms with Crippen molar-refractivity contribution in [3.8, 4) is 0 Å². The molecule has 0 aliphatic carbocycles. The van der Waals surface area contributed by atoms with Gasteiger partial charge in [-0.1, -0.05) is 24.3 Å². The fourth-order valence-electron chi connectivity index (χ4n) is 1.64. The van der Waals surface area contributed by atoms with Crippen LogP contribution in [0.1, 0.15) is 30.5 Å². The Morgan fingerprint density at radius 2 is 2.00 bits per heavy atom. The molecule has 0 radical (unpaired) electrons. The molecule has 86 valence electrons. The van der Waals surface area contributed by atoms with Gasteiger partial charge in [0.15, 0.2) is 0 Å². The number of hydrogen-bond donors (Lipinski definition) is 2. The van der Waals surface area contributed by atoms with Gasteiger partial charge in [-0.15, -0.1) is 0 Å². The molecule has 0 aliphatic rings. The second-order valence-electron chi connectivity index (χ2n) is 3.71. The standard InChI is InChI=1S/C12H15NO3/c1-8-5-3-4-6-10(8)11(7-12(15)16)13-9(2)14/h3-6,11H,7H2,1-2H3,(H,13,14)(H,15,16). The Kier molecular flexibility index (Phi) is 4.05. The Bertz CT molecular complexity index is 385. The van der Waals surface area contributed by atoms with E-state index < -0.39 is 12.0 Å². The molecule has 0 fully saturated rings. The maximum atomic E-state index is 11.0. The molecular weight excluding hydrogens is 206 g/mol. The van der Waals surface area contributed by atoms with Crippen LogP contribution in [-0.4, -0.2) is 17.0 Å². The number of rotatable bonds is 4. The number of nitrogens with one attached hydrogen (secondary N) is 1. The zero-order chi connectivity index (χ0) is 12.1. The molecule has 0 spiro atoms. The van der Waals surface area contributed by atoms with Crippen molar-refractivity contribution in [3.05, 3.63) is 35.4 Å². The van der Waals surface area contributed by atoms with Crippen LogP contribution in [0, 0.1) is 6.92 Å². The Morgan fingerprint density at radius 3 is 2.50 bits per heavy atom. The Labute approximate surface area is 94.3 Å². The van der Waals surface area contributed by atoms with Crippen molar-refractivity contribution in [3.63, 3.8) is 0 Å². The SMILES string of the molecule is CC(=O)NC(CC(=O)O)c1ccccc1C. The number of amides is 1. The first-order valence-corrected chi connectivity index (χ1v) is 5.05. The predicted molar refractivity (Wildman–Crippen MR) is 60.0 cm³/mol. The topological polar surface area (TPSA) is 66.4 Å². The van der Waals surface area contributed by atoms with Crippen LogP contribution in [0.4, 0.5) is 0 Å². The van der Waals surface area contributed by atoms with Gasteiger partial charge in [-0.05, 0) is 18.1 Å². The van der Waals surface area contributed by atoms with Gasteiger partial charge < -0.3 is 10.4 Å². The second kappa shape index (κ2) is 5.30. The maximum absolute atomic E-state index is 11.0. The molecule has 1 atom stereocenters. The van der Waals surface area contributed by atoms with Crippen molar-refractivity contribution in [1.29, 1.82) is 0 Å². The summed E-state index contributed by atoms with van der Waals surface area (Å²) < 4.78 is 0. The second-order valence-corrected chi connectivity index (χ2v) is 3.71. The Hall–Kier alpha value is -1.84. The van der Waals surface area contributed by atoms with Gasteiger partial charge in [0.25, 0.3) is 0 Å². The van der Waals surface area contributed by atoms with Gasteiger partial charge >= 0.3 is 5.97 Å². The normalized spacial score (nSPS) is 11.9. The van der Waals surface area contributed by atoms with Crippen LogP contribution in [0.2, 0.25) is 0 Å². The van der Waals surface area contributed by atoms with Crippen molar-refractivity contribution in [2.45, 2.75) is 26.3 Å². The summed E-state index contributed by atoms with van der Waals surface area (Å²) in [6.45, 7) is 3.28. The van der Waals surface area contributed by atoms with E-state index in [1.165, 1.54) is 6.92 Å². The molecule has 1 rings (SSSR count). The third-order valence-electron chi connectivity index (χ3n) is 2.32. The maximum Gasteiger partial charge on any atom is 0.305 e. The number of carbonyl (C=O) groups excluding carboxylic acids is 1. The third kappa shape index (κ3) is 3.38. The van der Waals surface area contributed by atoms with Crippen molar-refractivity contribution in [2.24, 2.45) is 0 Å². The molecule has 1 unspecified atom stereocenters. The van der Waals surface area contributed by atoms with E-state index >= 15 is 0 Å². The molecule has 2 N–H and O–H groups in total. The average molecular weight is 221 g/mol. The Balaban J connectivity index is 2.96. The molecule has 0 aliphatic heterocycles. The monoisotopic (exact) mass is 221 g/mol. The molecule has 1 aromatic rings. The summed E-state index contributed by atoms with van der Waals surface area (Å²) in [4.78, 5) is 21.7. The fourth-order valence-corrected chi connectivity index (χ4v) is 1.64. The van der Waals surface area contributed by atoms with Crippen molar-refractivity contribution >= 4 is 11.9 Å². The molecule has 0 aromatic heterocycles. The molecular formula is C12H15NO3. The van der Waals surface area contributed by atoms with E-state index in [0.29, 0.717) is 0 Å². The lowest BCUT2D eigenvalue weighted by molar-refractivity contribution is -0.137. The Morgan fingerprint density at radius 1 is 1.38 bits per heavy atom. The van der Waals surface area contributed by atoms with Crippen LogP contribution in [0.5, 0.6) is 0 Å². The first kappa shape index (κ1) is 12.2. The number of aliphatic carboxylic acids is 1. The van der Waals surface area contributed by atoms with E-state index in [9.17, 15) is 9.59 Å². The van der Waals surface area contributed by atoms with E-state index in [-0.39, 0.29) is 12.3 Å². The van der Waals surface area contributed by atoms with Crippen LogP contribution < -0.4 is 5.32 Å². The van der Waals surface area contributed by atoms with E-state index in [4.69, 9.17) is 5.11 Å².